The number of ether oxygens (including phenoxy) is 1. The molecular formula is C28H25F2N3O5. The fourth-order valence-corrected chi connectivity index (χ4v) is 4.40. The molecule has 4 rings (SSSR count). The van der Waals surface area contributed by atoms with Crippen molar-refractivity contribution in [2.24, 2.45) is 5.73 Å². The minimum atomic E-state index is -1.59. The zero-order chi connectivity index (χ0) is 27.4. The van der Waals surface area contributed by atoms with Crippen molar-refractivity contribution in [3.05, 3.63) is 95.6 Å². The first-order chi connectivity index (χ1) is 18.2. The van der Waals surface area contributed by atoms with E-state index in [1.165, 1.54) is 6.92 Å². The van der Waals surface area contributed by atoms with Crippen LogP contribution in [0.5, 0.6) is 5.75 Å². The van der Waals surface area contributed by atoms with Gasteiger partial charge in [0.25, 0.3) is 5.91 Å². The lowest BCUT2D eigenvalue weighted by Gasteiger charge is -2.35. The average molecular weight is 522 g/mol. The number of rotatable bonds is 7. The molecule has 3 aromatic carbocycles. The Bertz CT molecular complexity index is 1350. The van der Waals surface area contributed by atoms with Gasteiger partial charge in [0.2, 0.25) is 11.8 Å². The Morgan fingerprint density at radius 3 is 2.32 bits per heavy atom. The predicted molar refractivity (Wildman–Crippen MR) is 134 cm³/mol. The fraction of sp³-hybridized carbons (Fsp3) is 0.214. The van der Waals surface area contributed by atoms with Crippen molar-refractivity contribution in [2.75, 3.05) is 11.4 Å². The first-order valence-electron chi connectivity index (χ1n) is 11.8. The molecule has 0 bridgehead atoms. The van der Waals surface area contributed by atoms with Gasteiger partial charge in [0, 0.05) is 6.07 Å². The number of fused-ring (bicyclic) bond motifs is 1. The van der Waals surface area contributed by atoms with Crippen molar-refractivity contribution in [1.82, 2.24) is 4.90 Å². The van der Waals surface area contributed by atoms with E-state index in [4.69, 9.17) is 10.5 Å². The summed E-state index contributed by atoms with van der Waals surface area (Å²) in [4.78, 5) is 54.6. The van der Waals surface area contributed by atoms with Gasteiger partial charge >= 0.3 is 0 Å². The predicted octanol–water partition coefficient (Wildman–Crippen LogP) is 2.94. The number of carbonyl (C=O) groups excluding carboxylic acids is 4. The molecule has 38 heavy (non-hydrogen) atoms. The number of imide groups is 1. The summed E-state index contributed by atoms with van der Waals surface area (Å²) in [6.07, 6.45) is -1.26. The molecule has 0 aromatic heterocycles. The quantitative estimate of drug-likeness (QED) is 0.479. The minimum absolute atomic E-state index is 0.0405. The smallest absolute Gasteiger partial charge is 0.255 e. The van der Waals surface area contributed by atoms with Crippen LogP contribution in [0.25, 0.3) is 0 Å². The number of nitrogens with zero attached hydrogens (tertiary/aromatic N) is 2. The molecule has 1 heterocycles. The molecule has 10 heteroatoms. The Kier molecular flexibility index (Phi) is 7.92. The number of benzene rings is 3. The summed E-state index contributed by atoms with van der Waals surface area (Å²) in [5.74, 6) is -4.12. The summed E-state index contributed by atoms with van der Waals surface area (Å²) in [6.45, 7) is 0.975. The van der Waals surface area contributed by atoms with Crippen LogP contribution in [0.2, 0.25) is 0 Å². The highest BCUT2D eigenvalue weighted by Crippen LogP contribution is 2.39. The van der Waals surface area contributed by atoms with Gasteiger partial charge in [-0.25, -0.2) is 8.78 Å². The Morgan fingerprint density at radius 2 is 1.68 bits per heavy atom. The molecule has 3 aromatic rings. The monoisotopic (exact) mass is 521 g/mol. The van der Waals surface area contributed by atoms with Crippen LogP contribution in [0, 0.1) is 11.6 Å². The molecule has 0 saturated carbocycles. The summed E-state index contributed by atoms with van der Waals surface area (Å²) >= 11 is 0. The van der Waals surface area contributed by atoms with Crippen molar-refractivity contribution >= 4 is 29.7 Å². The summed E-state index contributed by atoms with van der Waals surface area (Å²) in [6, 6.07) is 14.8. The van der Waals surface area contributed by atoms with Gasteiger partial charge in [-0.05, 0) is 42.3 Å². The molecule has 0 radical (unpaired) electrons. The molecule has 0 unspecified atom stereocenters. The maximum absolute atomic E-state index is 14.1. The van der Waals surface area contributed by atoms with Crippen molar-refractivity contribution in [2.45, 2.75) is 31.5 Å². The van der Waals surface area contributed by atoms with Crippen molar-refractivity contribution < 1.29 is 32.7 Å². The van der Waals surface area contributed by atoms with Crippen LogP contribution in [0.15, 0.2) is 72.8 Å². The number of para-hydroxylation sites is 2. The highest BCUT2D eigenvalue weighted by Gasteiger charge is 2.47. The van der Waals surface area contributed by atoms with E-state index in [0.717, 1.165) is 17.0 Å². The third-order valence-electron chi connectivity index (χ3n) is 6.05. The first-order valence-corrected chi connectivity index (χ1v) is 11.8. The molecule has 196 valence electrons. The van der Waals surface area contributed by atoms with Gasteiger partial charge in [0.05, 0.1) is 24.7 Å². The number of nitrogens with two attached hydrogens (primary N) is 1. The van der Waals surface area contributed by atoms with Crippen molar-refractivity contribution in [3.63, 3.8) is 0 Å². The normalized spacial score (nSPS) is 17.6. The standard InChI is InChI=1S/C28H25F2N3O5/c1-17(31)27(36)33(24(35)15-18-13-20(29)16-21(30)14-18)25-26(19-7-3-2-4-8-19)38-23-10-6-5-9-22(23)32(11-12-34)28(25)37/h2-10,12-14,16-17,25-26H,11,15,31H2,1H3/t17-,25+,26-/m0/s1. The van der Waals surface area contributed by atoms with Crippen LogP contribution in [0.1, 0.15) is 24.2 Å². The number of hydrogen-bond donors (Lipinski definition) is 1. The van der Waals surface area contributed by atoms with Crippen LogP contribution in [-0.2, 0) is 25.6 Å². The van der Waals surface area contributed by atoms with E-state index in [1.54, 1.807) is 54.6 Å². The van der Waals surface area contributed by atoms with Crippen LogP contribution in [0.3, 0.4) is 0 Å². The van der Waals surface area contributed by atoms with Crippen molar-refractivity contribution in [3.8, 4) is 5.75 Å². The largest absolute Gasteiger partial charge is 0.481 e. The summed E-state index contributed by atoms with van der Waals surface area (Å²) in [5.41, 5.74) is 6.59. The van der Waals surface area contributed by atoms with E-state index in [-0.39, 0.29) is 23.5 Å². The van der Waals surface area contributed by atoms with E-state index in [2.05, 4.69) is 0 Å². The molecular weight excluding hydrogens is 496 g/mol. The average Bonchev–Trinajstić information content (AvgIpc) is 2.99. The summed E-state index contributed by atoms with van der Waals surface area (Å²) in [7, 11) is 0. The molecule has 8 nitrogen and oxygen atoms in total. The number of anilines is 1. The Hall–Kier alpha value is -4.44. The van der Waals surface area contributed by atoms with Crippen LogP contribution < -0.4 is 15.4 Å². The van der Waals surface area contributed by atoms with Crippen LogP contribution in [-0.4, -0.2) is 47.5 Å². The second-order valence-electron chi connectivity index (χ2n) is 8.82. The van der Waals surface area contributed by atoms with Gasteiger partial charge in [-0.2, -0.15) is 0 Å². The lowest BCUT2D eigenvalue weighted by Crippen LogP contribution is -2.59. The Balaban J connectivity index is 1.88. The van der Waals surface area contributed by atoms with Gasteiger partial charge in [0.15, 0.2) is 12.1 Å². The van der Waals surface area contributed by atoms with Crippen LogP contribution >= 0.6 is 0 Å². The number of halogens is 2. The third-order valence-corrected chi connectivity index (χ3v) is 6.05. The van der Waals surface area contributed by atoms with Gasteiger partial charge in [-0.1, -0.05) is 42.5 Å². The molecule has 2 N–H and O–H groups in total. The molecule has 1 aliphatic rings. The minimum Gasteiger partial charge on any atom is -0.481 e. The molecule has 0 fully saturated rings. The van der Waals surface area contributed by atoms with E-state index in [9.17, 15) is 28.0 Å². The Morgan fingerprint density at radius 1 is 1.05 bits per heavy atom. The Labute approximate surface area is 217 Å². The van der Waals surface area contributed by atoms with Gasteiger partial charge in [-0.15, -0.1) is 0 Å². The SMILES string of the molecule is C[C@H](N)C(=O)N(C(=O)Cc1cc(F)cc(F)c1)[C@H]1C(=O)N(CC=O)c2ccccc2O[C@H]1c1ccccc1. The molecule has 0 aliphatic carbocycles. The number of carbonyl (C=O) groups is 4. The molecule has 1 aliphatic heterocycles. The number of amides is 3. The van der Waals surface area contributed by atoms with E-state index in [0.29, 0.717) is 22.8 Å². The maximum Gasteiger partial charge on any atom is 0.255 e. The van der Waals surface area contributed by atoms with E-state index >= 15 is 0 Å². The van der Waals surface area contributed by atoms with E-state index < -0.39 is 54.0 Å². The lowest BCUT2D eigenvalue weighted by molar-refractivity contribution is -0.154. The van der Waals surface area contributed by atoms with Crippen LogP contribution in [0.4, 0.5) is 14.5 Å². The maximum atomic E-state index is 14.1. The van der Waals surface area contributed by atoms with Gasteiger partial charge in [0.1, 0.15) is 23.7 Å². The fourth-order valence-electron chi connectivity index (χ4n) is 4.40. The van der Waals surface area contributed by atoms with Crippen molar-refractivity contribution in [1.29, 1.82) is 0 Å². The van der Waals surface area contributed by atoms with E-state index in [1.807, 2.05) is 0 Å². The van der Waals surface area contributed by atoms with Gasteiger partial charge < -0.3 is 15.3 Å². The first kappa shape index (κ1) is 26.6. The lowest BCUT2D eigenvalue weighted by atomic mass is 9.97. The molecule has 0 saturated heterocycles. The molecule has 0 spiro atoms. The number of aldehydes is 1. The summed E-state index contributed by atoms with van der Waals surface area (Å²) in [5, 5.41) is 0. The summed E-state index contributed by atoms with van der Waals surface area (Å²) < 4.78 is 34.0. The molecule has 3 atom stereocenters. The highest BCUT2D eigenvalue weighted by atomic mass is 19.1. The topological polar surface area (TPSA) is 110 Å². The second kappa shape index (κ2) is 11.3. The third kappa shape index (κ3) is 5.45. The molecule has 3 amide bonds. The van der Waals surface area contributed by atoms with Gasteiger partial charge in [-0.3, -0.25) is 24.2 Å². The second-order valence-corrected chi connectivity index (χ2v) is 8.82. The highest BCUT2D eigenvalue weighted by molar-refractivity contribution is 6.08. The zero-order valence-electron chi connectivity index (χ0n) is 20.4. The zero-order valence-corrected chi connectivity index (χ0v) is 20.4. The number of hydrogen-bond acceptors (Lipinski definition) is 6.